The third kappa shape index (κ3) is 59.6. The van der Waals surface area contributed by atoms with Gasteiger partial charge in [0.25, 0.3) is 0 Å². The summed E-state index contributed by atoms with van der Waals surface area (Å²) in [5.74, 6) is -0.973. The lowest BCUT2D eigenvalue weighted by atomic mass is 10.0. The van der Waals surface area contributed by atoms with Crippen LogP contribution in [0.2, 0.25) is 0 Å². The minimum atomic E-state index is -0.807. The summed E-state index contributed by atoms with van der Waals surface area (Å²) in [6, 6.07) is 0. The zero-order valence-electron chi connectivity index (χ0n) is 48.4. The third-order valence-corrected chi connectivity index (χ3v) is 13.7. The van der Waals surface area contributed by atoms with Crippen molar-refractivity contribution < 1.29 is 28.6 Å². The van der Waals surface area contributed by atoms with Crippen LogP contribution in [0.4, 0.5) is 0 Å². The third-order valence-electron chi connectivity index (χ3n) is 13.7. The second-order valence-electron chi connectivity index (χ2n) is 21.0. The highest BCUT2D eigenvalue weighted by Crippen LogP contribution is 2.17. The van der Waals surface area contributed by atoms with E-state index in [1.54, 1.807) is 0 Å². The van der Waals surface area contributed by atoms with Crippen LogP contribution in [-0.2, 0) is 28.6 Å². The molecule has 0 aromatic heterocycles. The van der Waals surface area contributed by atoms with Crippen molar-refractivity contribution in [1.82, 2.24) is 0 Å². The van der Waals surface area contributed by atoms with E-state index in [0.717, 1.165) is 64.2 Å². The van der Waals surface area contributed by atoms with Crippen LogP contribution in [0.5, 0.6) is 0 Å². The number of unbranched alkanes of at least 4 members (excludes halogenated alkanes) is 34. The Morgan fingerprint density at radius 1 is 0.274 bits per heavy atom. The van der Waals surface area contributed by atoms with Gasteiger partial charge in [-0.05, 0) is 83.5 Å². The molecule has 0 rings (SSSR count). The van der Waals surface area contributed by atoms with Gasteiger partial charge in [0.05, 0.1) is 0 Å². The molecule has 0 unspecified atom stereocenters. The molecule has 0 aliphatic heterocycles. The Morgan fingerprint density at radius 2 is 0.521 bits per heavy atom. The Morgan fingerprint density at radius 3 is 0.890 bits per heavy atom. The Labute approximate surface area is 453 Å². The first-order chi connectivity index (χ1) is 36.0. The van der Waals surface area contributed by atoms with Crippen LogP contribution < -0.4 is 0 Å². The summed E-state index contributed by atoms with van der Waals surface area (Å²) < 4.78 is 16.9. The van der Waals surface area contributed by atoms with Gasteiger partial charge in [-0.25, -0.2) is 0 Å². The van der Waals surface area contributed by atoms with Crippen molar-refractivity contribution in [3.63, 3.8) is 0 Å². The minimum absolute atomic E-state index is 0.0970. The Balaban J connectivity index is 4.45. The van der Waals surface area contributed by atoms with E-state index in [-0.39, 0.29) is 37.5 Å². The molecule has 73 heavy (non-hydrogen) atoms. The second-order valence-corrected chi connectivity index (χ2v) is 21.0. The van der Waals surface area contributed by atoms with E-state index in [0.29, 0.717) is 19.3 Å². The highest BCUT2D eigenvalue weighted by molar-refractivity contribution is 5.71. The largest absolute Gasteiger partial charge is 0.462 e. The van der Waals surface area contributed by atoms with Gasteiger partial charge in [-0.3, -0.25) is 14.4 Å². The molecule has 0 spiro atoms. The molecule has 1 atom stereocenters. The molecule has 0 aromatic carbocycles. The number of carbonyl (C=O) groups is 3. The molecule has 0 heterocycles. The number of hydrogen-bond donors (Lipinski definition) is 0. The predicted octanol–water partition coefficient (Wildman–Crippen LogP) is 21.3. The lowest BCUT2D eigenvalue weighted by Gasteiger charge is -2.18. The topological polar surface area (TPSA) is 78.9 Å². The molecule has 0 fully saturated rings. The highest BCUT2D eigenvalue weighted by atomic mass is 16.6. The Bertz CT molecular complexity index is 1360. The molecule has 0 N–H and O–H groups in total. The first kappa shape index (κ1) is 69.8. The molecule has 422 valence electrons. The van der Waals surface area contributed by atoms with Gasteiger partial charge in [-0.2, -0.15) is 0 Å². The van der Waals surface area contributed by atoms with E-state index in [4.69, 9.17) is 14.2 Å². The van der Waals surface area contributed by atoms with Crippen molar-refractivity contribution in [2.24, 2.45) is 0 Å². The number of hydrogen-bond acceptors (Lipinski definition) is 6. The van der Waals surface area contributed by atoms with Gasteiger partial charge in [0.2, 0.25) is 0 Å². The lowest BCUT2D eigenvalue weighted by Crippen LogP contribution is -2.30. The first-order valence-electron chi connectivity index (χ1n) is 31.4. The van der Waals surface area contributed by atoms with Gasteiger partial charge in [0.1, 0.15) is 13.2 Å². The molecule has 0 saturated heterocycles. The fourth-order valence-corrected chi connectivity index (χ4v) is 8.95. The first-order valence-corrected chi connectivity index (χ1v) is 31.4. The maximum atomic E-state index is 12.9. The van der Waals surface area contributed by atoms with Crippen molar-refractivity contribution >= 4 is 17.9 Å². The highest BCUT2D eigenvalue weighted by Gasteiger charge is 2.19. The average molecular weight is 1020 g/mol. The summed E-state index contributed by atoms with van der Waals surface area (Å²) in [7, 11) is 0. The van der Waals surface area contributed by atoms with Gasteiger partial charge in [-0.1, -0.05) is 286 Å². The summed E-state index contributed by atoms with van der Waals surface area (Å²) in [4.78, 5) is 38.3. The number of ether oxygens (including phenoxy) is 3. The van der Waals surface area contributed by atoms with Gasteiger partial charge in [0, 0.05) is 19.3 Å². The van der Waals surface area contributed by atoms with E-state index in [1.165, 1.54) is 205 Å². The molecule has 0 aliphatic carbocycles. The summed E-state index contributed by atoms with van der Waals surface area (Å²) in [6.07, 6.45) is 79.1. The smallest absolute Gasteiger partial charge is 0.306 e. The fourth-order valence-electron chi connectivity index (χ4n) is 8.95. The van der Waals surface area contributed by atoms with E-state index >= 15 is 0 Å². The maximum absolute atomic E-state index is 12.9. The summed E-state index contributed by atoms with van der Waals surface area (Å²) in [5, 5.41) is 0. The van der Waals surface area contributed by atoms with Crippen LogP contribution in [-0.4, -0.2) is 37.2 Å². The van der Waals surface area contributed by atoms with E-state index < -0.39 is 6.10 Å². The summed E-state index contributed by atoms with van der Waals surface area (Å²) >= 11 is 0. The van der Waals surface area contributed by atoms with Crippen molar-refractivity contribution in [3.8, 4) is 0 Å². The van der Waals surface area contributed by atoms with Crippen LogP contribution in [0.1, 0.15) is 316 Å². The van der Waals surface area contributed by atoms with E-state index in [1.807, 2.05) is 6.08 Å². The summed E-state index contributed by atoms with van der Waals surface area (Å²) in [6.45, 7) is 6.58. The molecule has 6 nitrogen and oxygen atoms in total. The molecule has 0 aliphatic rings. The van der Waals surface area contributed by atoms with Gasteiger partial charge in [-0.15, -0.1) is 0 Å². The number of esters is 3. The molecular formula is C67H118O6. The molecule has 0 aromatic rings. The normalized spacial score (nSPS) is 12.5. The SMILES string of the molecule is CCCCC/C=C\C/C=C\C/C=C\C/C=C\C/C=C\CCC(=O)OC[C@H](COC(=O)CCCCCCCCCCCCCCCCCCCCC)OC(=O)CCCCCCCCC/C=C\CCCCCCCC. The summed E-state index contributed by atoms with van der Waals surface area (Å²) in [5.41, 5.74) is 0. The van der Waals surface area contributed by atoms with Crippen molar-refractivity contribution in [2.75, 3.05) is 13.2 Å². The van der Waals surface area contributed by atoms with Crippen LogP contribution in [0, 0.1) is 0 Å². The van der Waals surface area contributed by atoms with Crippen LogP contribution in [0.3, 0.4) is 0 Å². The van der Waals surface area contributed by atoms with Crippen LogP contribution in [0.15, 0.2) is 72.9 Å². The van der Waals surface area contributed by atoms with Crippen molar-refractivity contribution in [1.29, 1.82) is 0 Å². The van der Waals surface area contributed by atoms with Gasteiger partial charge < -0.3 is 14.2 Å². The maximum Gasteiger partial charge on any atom is 0.306 e. The Hall–Kier alpha value is -3.15. The molecule has 0 bridgehead atoms. The molecular weight excluding hydrogens is 901 g/mol. The van der Waals surface area contributed by atoms with E-state index in [9.17, 15) is 14.4 Å². The number of allylic oxidation sites excluding steroid dienone is 12. The fraction of sp³-hybridized carbons (Fsp3) is 0.776. The number of carbonyl (C=O) groups excluding carboxylic acids is 3. The van der Waals surface area contributed by atoms with Gasteiger partial charge >= 0.3 is 17.9 Å². The van der Waals surface area contributed by atoms with Crippen LogP contribution in [0.25, 0.3) is 0 Å². The zero-order chi connectivity index (χ0) is 52.9. The van der Waals surface area contributed by atoms with Gasteiger partial charge in [0.15, 0.2) is 6.10 Å². The van der Waals surface area contributed by atoms with Crippen molar-refractivity contribution in [3.05, 3.63) is 72.9 Å². The monoisotopic (exact) mass is 1020 g/mol. The lowest BCUT2D eigenvalue weighted by molar-refractivity contribution is -0.166. The zero-order valence-corrected chi connectivity index (χ0v) is 48.4. The molecule has 0 amide bonds. The van der Waals surface area contributed by atoms with Crippen molar-refractivity contribution in [2.45, 2.75) is 322 Å². The minimum Gasteiger partial charge on any atom is -0.462 e. The molecule has 0 radical (unpaired) electrons. The van der Waals surface area contributed by atoms with E-state index in [2.05, 4.69) is 87.6 Å². The molecule has 6 heteroatoms. The number of rotatable bonds is 57. The standard InChI is InChI=1S/C67H118O6/c1-4-7-10-13-16-19-22-25-28-31-33-36-38-41-44-47-50-53-56-59-65(68)71-62-64(73-67(70)61-58-55-52-49-46-43-40-35-30-27-24-21-18-15-12-9-6-3)63-72-66(69)60-57-54-51-48-45-42-39-37-34-32-29-26-23-20-17-14-11-8-5-2/h16,19,25,27-28,30,33,36,41,44,50,53,64H,4-15,17-18,20-24,26,29,31-32,34-35,37-40,42-43,45-49,51-52,54-63H2,1-3H3/b19-16-,28-25-,30-27-,36-33-,44-41-,53-50-/t64-/m1/s1. The second kappa shape index (κ2) is 61.4. The quantitative estimate of drug-likeness (QED) is 0.0261. The Kier molecular flexibility index (Phi) is 58.7. The molecule has 0 saturated carbocycles. The predicted molar refractivity (Wildman–Crippen MR) is 316 cm³/mol. The average Bonchev–Trinajstić information content (AvgIpc) is 3.39. The van der Waals surface area contributed by atoms with Crippen LogP contribution >= 0.6 is 0 Å².